The van der Waals surface area contributed by atoms with Gasteiger partial charge in [0.15, 0.2) is 0 Å². The molecule has 1 saturated carbocycles. The maximum Gasteiger partial charge on any atom is 0.217 e. The van der Waals surface area contributed by atoms with Gasteiger partial charge < -0.3 is 19.8 Å². The Morgan fingerprint density at radius 1 is 1.28 bits per heavy atom. The summed E-state index contributed by atoms with van der Waals surface area (Å²) in [5.41, 5.74) is 4.06. The van der Waals surface area contributed by atoms with Crippen molar-refractivity contribution in [1.82, 2.24) is 14.4 Å². The number of rotatable bonds is 7. The minimum absolute atomic E-state index is 0.429. The number of hydrogen-bond donors (Lipinski definition) is 2. The number of fused-ring (bicyclic) bond motifs is 1. The third kappa shape index (κ3) is 3.40. The topological polar surface area (TPSA) is 80.5 Å². The SMILES string of the molecule is COc1cc(NCc2cn3cc(C4CC4)ccc3n2)cc(NC=O)n1. The highest BCUT2D eigenvalue weighted by molar-refractivity contribution is 5.71. The molecule has 0 aliphatic heterocycles. The first-order valence-corrected chi connectivity index (χ1v) is 8.23. The van der Waals surface area contributed by atoms with E-state index in [2.05, 4.69) is 43.3 Å². The van der Waals surface area contributed by atoms with Gasteiger partial charge >= 0.3 is 0 Å². The molecule has 25 heavy (non-hydrogen) atoms. The lowest BCUT2D eigenvalue weighted by molar-refractivity contribution is -0.105. The number of amides is 1. The largest absolute Gasteiger partial charge is 0.481 e. The first-order valence-electron chi connectivity index (χ1n) is 8.23. The van der Waals surface area contributed by atoms with Crippen LogP contribution in [-0.2, 0) is 11.3 Å². The minimum atomic E-state index is 0.429. The van der Waals surface area contributed by atoms with E-state index in [0.29, 0.717) is 24.7 Å². The van der Waals surface area contributed by atoms with E-state index < -0.39 is 0 Å². The normalized spacial score (nSPS) is 13.6. The standard InChI is InChI=1S/C18H19N5O2/c1-25-18-7-14(6-16(22-18)20-11-24)19-8-15-10-23-9-13(12-2-3-12)4-5-17(23)21-15/h4-7,9-12H,2-3,8H2,1H3,(H2,19,20,22,24). The molecule has 0 radical (unpaired) electrons. The summed E-state index contributed by atoms with van der Waals surface area (Å²) in [7, 11) is 1.54. The number of carbonyl (C=O) groups is 1. The summed E-state index contributed by atoms with van der Waals surface area (Å²) in [5.74, 6) is 1.58. The maximum absolute atomic E-state index is 10.6. The Morgan fingerprint density at radius 2 is 2.16 bits per heavy atom. The second-order valence-electron chi connectivity index (χ2n) is 6.13. The van der Waals surface area contributed by atoms with Crippen LogP contribution in [0.4, 0.5) is 11.5 Å². The molecule has 0 unspecified atom stereocenters. The third-order valence-electron chi connectivity index (χ3n) is 4.26. The van der Waals surface area contributed by atoms with Crippen molar-refractivity contribution in [3.8, 4) is 5.88 Å². The van der Waals surface area contributed by atoms with Gasteiger partial charge in [0.25, 0.3) is 0 Å². The number of nitrogens with zero attached hydrogens (tertiary/aromatic N) is 3. The van der Waals surface area contributed by atoms with Gasteiger partial charge in [-0.05, 0) is 30.4 Å². The number of hydrogen-bond acceptors (Lipinski definition) is 5. The van der Waals surface area contributed by atoms with E-state index in [9.17, 15) is 4.79 Å². The van der Waals surface area contributed by atoms with Gasteiger partial charge in [-0.2, -0.15) is 4.98 Å². The van der Waals surface area contributed by atoms with Crippen molar-refractivity contribution in [1.29, 1.82) is 0 Å². The summed E-state index contributed by atoms with van der Waals surface area (Å²) >= 11 is 0. The van der Waals surface area contributed by atoms with E-state index in [4.69, 9.17) is 4.74 Å². The van der Waals surface area contributed by atoms with Crippen molar-refractivity contribution in [2.24, 2.45) is 0 Å². The lowest BCUT2D eigenvalue weighted by Crippen LogP contribution is -2.03. The Balaban J connectivity index is 1.51. The zero-order valence-electron chi connectivity index (χ0n) is 13.9. The summed E-state index contributed by atoms with van der Waals surface area (Å²) in [5, 5.41) is 5.83. The lowest BCUT2D eigenvalue weighted by atomic mass is 10.2. The minimum Gasteiger partial charge on any atom is -0.481 e. The number of aromatic nitrogens is 3. The van der Waals surface area contributed by atoms with Crippen molar-refractivity contribution < 1.29 is 9.53 Å². The van der Waals surface area contributed by atoms with E-state index in [1.807, 2.05) is 6.20 Å². The van der Waals surface area contributed by atoms with Gasteiger partial charge in [0, 0.05) is 30.2 Å². The molecule has 0 aromatic carbocycles. The van der Waals surface area contributed by atoms with E-state index in [1.165, 1.54) is 25.5 Å². The van der Waals surface area contributed by atoms with Crippen LogP contribution in [-0.4, -0.2) is 27.9 Å². The molecule has 1 fully saturated rings. The lowest BCUT2D eigenvalue weighted by Gasteiger charge is -2.08. The Morgan fingerprint density at radius 3 is 2.92 bits per heavy atom. The molecule has 7 heteroatoms. The van der Waals surface area contributed by atoms with Crippen LogP contribution >= 0.6 is 0 Å². The highest BCUT2D eigenvalue weighted by atomic mass is 16.5. The molecule has 4 rings (SSSR count). The van der Waals surface area contributed by atoms with Gasteiger partial charge in [-0.1, -0.05) is 6.07 Å². The van der Waals surface area contributed by atoms with E-state index in [1.54, 1.807) is 12.1 Å². The molecular formula is C18H19N5O2. The van der Waals surface area contributed by atoms with E-state index in [-0.39, 0.29) is 0 Å². The molecule has 0 atom stereocenters. The molecule has 2 N–H and O–H groups in total. The number of pyridine rings is 2. The average Bonchev–Trinajstić information content (AvgIpc) is 3.39. The molecule has 1 amide bonds. The maximum atomic E-state index is 10.6. The Labute approximate surface area is 145 Å². The number of carbonyl (C=O) groups excluding carboxylic acids is 1. The van der Waals surface area contributed by atoms with Gasteiger partial charge in [0.2, 0.25) is 12.3 Å². The number of methoxy groups -OCH3 is 1. The Kier molecular flexibility index (Phi) is 3.97. The van der Waals surface area contributed by atoms with Crippen LogP contribution in [0.2, 0.25) is 0 Å². The molecule has 7 nitrogen and oxygen atoms in total. The van der Waals surface area contributed by atoms with Crippen LogP contribution in [0.15, 0.2) is 36.7 Å². The number of ether oxygens (including phenoxy) is 1. The summed E-state index contributed by atoms with van der Waals surface area (Å²) in [6, 6.07) is 7.76. The van der Waals surface area contributed by atoms with Gasteiger partial charge in [-0.15, -0.1) is 0 Å². The molecule has 1 aliphatic carbocycles. The predicted octanol–water partition coefficient (Wildman–Crippen LogP) is 2.80. The van der Waals surface area contributed by atoms with Crippen molar-refractivity contribution >= 4 is 23.6 Å². The molecule has 128 valence electrons. The second kappa shape index (κ2) is 6.43. The van der Waals surface area contributed by atoms with Crippen LogP contribution < -0.4 is 15.4 Å². The number of nitrogens with one attached hydrogen (secondary N) is 2. The van der Waals surface area contributed by atoms with Crippen LogP contribution in [0.3, 0.4) is 0 Å². The van der Waals surface area contributed by atoms with Crippen molar-refractivity contribution in [3.63, 3.8) is 0 Å². The smallest absolute Gasteiger partial charge is 0.217 e. The summed E-state index contributed by atoms with van der Waals surface area (Å²) in [6.45, 7) is 0.564. The fraction of sp³-hybridized carbons (Fsp3) is 0.278. The summed E-state index contributed by atoms with van der Waals surface area (Å²) < 4.78 is 7.24. The zero-order chi connectivity index (χ0) is 17.2. The van der Waals surface area contributed by atoms with Gasteiger partial charge in [-0.3, -0.25) is 4.79 Å². The molecular weight excluding hydrogens is 318 g/mol. The number of anilines is 2. The van der Waals surface area contributed by atoms with E-state index >= 15 is 0 Å². The molecule has 3 aromatic heterocycles. The van der Waals surface area contributed by atoms with Crippen LogP contribution in [0.1, 0.15) is 30.0 Å². The van der Waals surface area contributed by atoms with Gasteiger partial charge in [-0.25, -0.2) is 4.98 Å². The van der Waals surface area contributed by atoms with Gasteiger partial charge in [0.1, 0.15) is 11.5 Å². The number of imidazole rings is 1. The predicted molar refractivity (Wildman–Crippen MR) is 95.0 cm³/mol. The molecule has 3 heterocycles. The average molecular weight is 337 g/mol. The molecule has 0 bridgehead atoms. The van der Waals surface area contributed by atoms with Gasteiger partial charge in [0.05, 0.1) is 19.3 Å². The van der Waals surface area contributed by atoms with Crippen LogP contribution in [0, 0.1) is 0 Å². The fourth-order valence-electron chi connectivity index (χ4n) is 2.84. The summed E-state index contributed by atoms with van der Waals surface area (Å²) in [6.07, 6.45) is 7.37. The van der Waals surface area contributed by atoms with Crippen molar-refractivity contribution in [2.45, 2.75) is 25.3 Å². The van der Waals surface area contributed by atoms with E-state index in [0.717, 1.165) is 22.9 Å². The summed E-state index contributed by atoms with van der Waals surface area (Å²) in [4.78, 5) is 19.4. The quantitative estimate of drug-likeness (QED) is 0.648. The highest BCUT2D eigenvalue weighted by Gasteiger charge is 2.23. The first kappa shape index (κ1) is 15.4. The monoisotopic (exact) mass is 337 g/mol. The fourth-order valence-corrected chi connectivity index (χ4v) is 2.84. The van der Waals surface area contributed by atoms with Crippen molar-refractivity contribution in [3.05, 3.63) is 47.9 Å². The Bertz CT molecular complexity index is 917. The molecule has 3 aromatic rings. The zero-order valence-corrected chi connectivity index (χ0v) is 13.9. The first-order chi connectivity index (χ1) is 12.2. The highest BCUT2D eigenvalue weighted by Crippen LogP contribution is 2.39. The van der Waals surface area contributed by atoms with Crippen molar-refractivity contribution in [2.75, 3.05) is 17.7 Å². The Hall–Kier alpha value is -3.09. The van der Waals surface area contributed by atoms with Crippen LogP contribution in [0.25, 0.3) is 5.65 Å². The molecule has 1 aliphatic rings. The third-order valence-corrected chi connectivity index (χ3v) is 4.26. The second-order valence-corrected chi connectivity index (χ2v) is 6.13. The van der Waals surface area contributed by atoms with Crippen LogP contribution in [0.5, 0.6) is 5.88 Å². The molecule has 0 saturated heterocycles. The molecule has 0 spiro atoms.